The van der Waals surface area contributed by atoms with Crippen LogP contribution in [0.15, 0.2) is 43.5 Å². The molecule has 0 aromatic heterocycles. The van der Waals surface area contributed by atoms with Crippen LogP contribution in [0.1, 0.15) is 0 Å². The quantitative estimate of drug-likeness (QED) is 0.486. The van der Waals surface area contributed by atoms with Gasteiger partial charge in [-0.05, 0) is 12.1 Å². The summed E-state index contributed by atoms with van der Waals surface area (Å²) in [5.74, 6) is -2.15. The van der Waals surface area contributed by atoms with Gasteiger partial charge in [0.1, 0.15) is 0 Å². The second-order valence-corrected chi connectivity index (χ2v) is 2.85. The van der Waals surface area contributed by atoms with Gasteiger partial charge in [0, 0.05) is 12.2 Å². The molecule has 88 valence electrons. The molecule has 0 saturated carbocycles. The molecule has 1 N–H and O–H groups in total. The van der Waals surface area contributed by atoms with Crippen LogP contribution < -0.4 is 9.47 Å². The van der Waals surface area contributed by atoms with Crippen molar-refractivity contribution in [3.05, 3.63) is 43.5 Å². The average molecular weight is 234 g/mol. The van der Waals surface area contributed by atoms with Gasteiger partial charge in [-0.1, -0.05) is 19.2 Å². The number of aromatic hydroxyl groups is 1. The minimum absolute atomic E-state index is 0.0786. The van der Waals surface area contributed by atoms with Gasteiger partial charge in [0.15, 0.2) is 11.5 Å². The summed E-state index contributed by atoms with van der Waals surface area (Å²) >= 11 is 0. The molecule has 0 spiro atoms. The van der Waals surface area contributed by atoms with Crippen molar-refractivity contribution in [2.45, 2.75) is 0 Å². The number of hydrogen-bond acceptors (Lipinski definition) is 5. The summed E-state index contributed by atoms with van der Waals surface area (Å²) in [5.41, 5.74) is 0. The van der Waals surface area contributed by atoms with Crippen LogP contribution in [0.2, 0.25) is 0 Å². The second kappa shape index (κ2) is 5.50. The molecule has 5 heteroatoms. The maximum absolute atomic E-state index is 11.0. The van der Waals surface area contributed by atoms with Crippen molar-refractivity contribution in [1.29, 1.82) is 0 Å². The Kier molecular flexibility index (Phi) is 4.05. The smallest absolute Gasteiger partial charge is 0.335 e. The predicted octanol–water partition coefficient (Wildman–Crippen LogP) is 1.57. The number of esters is 2. The van der Waals surface area contributed by atoms with Crippen LogP contribution in [-0.4, -0.2) is 17.0 Å². The maximum atomic E-state index is 11.0. The van der Waals surface area contributed by atoms with Gasteiger partial charge >= 0.3 is 11.9 Å². The highest BCUT2D eigenvalue weighted by Crippen LogP contribution is 2.36. The van der Waals surface area contributed by atoms with Gasteiger partial charge in [-0.3, -0.25) is 0 Å². The number of carbonyl (C=O) groups excluding carboxylic acids is 2. The zero-order chi connectivity index (χ0) is 12.8. The molecular formula is C12H10O5. The maximum Gasteiger partial charge on any atom is 0.335 e. The highest BCUT2D eigenvalue weighted by atomic mass is 16.6. The summed E-state index contributed by atoms with van der Waals surface area (Å²) in [6, 6.07) is 4.09. The zero-order valence-corrected chi connectivity index (χ0v) is 8.88. The fourth-order valence-electron chi connectivity index (χ4n) is 0.980. The van der Waals surface area contributed by atoms with Gasteiger partial charge in [-0.15, -0.1) is 0 Å². The van der Waals surface area contributed by atoms with E-state index in [2.05, 4.69) is 13.2 Å². The number of ether oxygens (including phenoxy) is 2. The van der Waals surface area contributed by atoms with Crippen molar-refractivity contribution in [2.24, 2.45) is 0 Å². The number of benzene rings is 1. The van der Waals surface area contributed by atoms with Crippen LogP contribution in [0.25, 0.3) is 0 Å². The molecule has 0 fully saturated rings. The van der Waals surface area contributed by atoms with E-state index in [-0.39, 0.29) is 17.2 Å². The van der Waals surface area contributed by atoms with Gasteiger partial charge in [-0.2, -0.15) is 0 Å². The van der Waals surface area contributed by atoms with Crippen molar-refractivity contribution in [3.8, 4) is 17.2 Å². The highest BCUT2D eigenvalue weighted by Gasteiger charge is 2.15. The molecule has 1 aromatic rings. The Bertz CT molecular complexity index is 476. The minimum atomic E-state index is -0.776. The number of phenols is 1. The van der Waals surface area contributed by atoms with Crippen LogP contribution >= 0.6 is 0 Å². The Labute approximate surface area is 97.6 Å². The van der Waals surface area contributed by atoms with Crippen molar-refractivity contribution in [1.82, 2.24) is 0 Å². The largest absolute Gasteiger partial charge is 0.504 e. The van der Waals surface area contributed by atoms with E-state index in [1.54, 1.807) is 0 Å². The number of hydrogen-bond donors (Lipinski definition) is 1. The molecular weight excluding hydrogens is 224 g/mol. The fourth-order valence-corrected chi connectivity index (χ4v) is 0.980. The van der Waals surface area contributed by atoms with Crippen molar-refractivity contribution < 1.29 is 24.2 Å². The molecule has 0 unspecified atom stereocenters. The standard InChI is InChI=1S/C12H10O5/c1-3-10(14)16-9-7-5-6-8(13)12(9)17-11(15)4-2/h3-7,13H,1-2H2. The normalized spacial score (nSPS) is 9.18. The second-order valence-electron chi connectivity index (χ2n) is 2.85. The molecule has 1 aromatic carbocycles. The van der Waals surface area contributed by atoms with E-state index in [0.29, 0.717) is 0 Å². The first-order valence-corrected chi connectivity index (χ1v) is 4.59. The first-order valence-electron chi connectivity index (χ1n) is 4.59. The number of rotatable bonds is 4. The molecule has 5 nitrogen and oxygen atoms in total. The summed E-state index contributed by atoms with van der Waals surface area (Å²) in [6.07, 6.45) is 1.87. The molecule has 1 rings (SSSR count). The lowest BCUT2D eigenvalue weighted by molar-refractivity contribution is -0.131. The zero-order valence-electron chi connectivity index (χ0n) is 8.88. The molecule has 17 heavy (non-hydrogen) atoms. The van der Waals surface area contributed by atoms with E-state index in [4.69, 9.17) is 9.47 Å². The Hall–Kier alpha value is -2.56. The number of para-hydroxylation sites is 1. The molecule has 0 aliphatic carbocycles. The number of carbonyl (C=O) groups is 2. The summed E-state index contributed by atoms with van der Waals surface area (Å²) in [6.45, 7) is 6.44. The van der Waals surface area contributed by atoms with E-state index in [1.165, 1.54) is 18.2 Å². The third kappa shape index (κ3) is 3.20. The van der Waals surface area contributed by atoms with E-state index in [9.17, 15) is 14.7 Å². The molecule has 0 heterocycles. The Morgan fingerprint density at radius 1 is 1.12 bits per heavy atom. The molecule has 0 atom stereocenters. The molecule has 0 radical (unpaired) electrons. The van der Waals surface area contributed by atoms with E-state index in [0.717, 1.165) is 12.2 Å². The monoisotopic (exact) mass is 234 g/mol. The van der Waals surface area contributed by atoms with Gasteiger partial charge < -0.3 is 14.6 Å². The van der Waals surface area contributed by atoms with Crippen LogP contribution in [-0.2, 0) is 9.59 Å². The van der Waals surface area contributed by atoms with E-state index < -0.39 is 11.9 Å². The van der Waals surface area contributed by atoms with Crippen molar-refractivity contribution >= 4 is 11.9 Å². The van der Waals surface area contributed by atoms with E-state index in [1.807, 2.05) is 0 Å². The fraction of sp³-hybridized carbons (Fsp3) is 0. The Morgan fingerprint density at radius 2 is 1.71 bits per heavy atom. The summed E-state index contributed by atoms with van der Waals surface area (Å²) in [7, 11) is 0. The van der Waals surface area contributed by atoms with Gasteiger partial charge in [0.05, 0.1) is 0 Å². The lowest BCUT2D eigenvalue weighted by Gasteiger charge is -2.09. The number of phenolic OH excluding ortho intramolecular Hbond substituents is 1. The van der Waals surface area contributed by atoms with Crippen molar-refractivity contribution in [2.75, 3.05) is 0 Å². The topological polar surface area (TPSA) is 72.8 Å². The first-order chi connectivity index (χ1) is 8.08. The highest BCUT2D eigenvalue weighted by molar-refractivity contribution is 5.86. The third-order valence-electron chi connectivity index (χ3n) is 1.70. The van der Waals surface area contributed by atoms with Crippen LogP contribution in [0.4, 0.5) is 0 Å². The minimum Gasteiger partial charge on any atom is -0.504 e. The molecule has 0 bridgehead atoms. The van der Waals surface area contributed by atoms with Gasteiger partial charge in [-0.25, -0.2) is 9.59 Å². The molecule has 0 aliphatic rings. The van der Waals surface area contributed by atoms with E-state index >= 15 is 0 Å². The molecule has 0 amide bonds. The van der Waals surface area contributed by atoms with Crippen LogP contribution in [0, 0.1) is 0 Å². The van der Waals surface area contributed by atoms with Crippen molar-refractivity contribution in [3.63, 3.8) is 0 Å². The lowest BCUT2D eigenvalue weighted by Crippen LogP contribution is -2.08. The van der Waals surface area contributed by atoms with Gasteiger partial charge in [0.25, 0.3) is 0 Å². The van der Waals surface area contributed by atoms with Crippen LogP contribution in [0.3, 0.4) is 0 Å². The third-order valence-corrected chi connectivity index (χ3v) is 1.70. The van der Waals surface area contributed by atoms with Crippen LogP contribution in [0.5, 0.6) is 17.2 Å². The molecule has 0 saturated heterocycles. The summed E-state index contributed by atoms with van der Waals surface area (Å²) < 4.78 is 9.54. The lowest BCUT2D eigenvalue weighted by atomic mass is 10.3. The first kappa shape index (κ1) is 12.5. The SMILES string of the molecule is C=CC(=O)Oc1cccc(O)c1OC(=O)C=C. The Balaban J connectivity index is 3.07. The predicted molar refractivity (Wildman–Crippen MR) is 59.8 cm³/mol. The Morgan fingerprint density at radius 3 is 2.29 bits per heavy atom. The van der Waals surface area contributed by atoms with Gasteiger partial charge in [0.2, 0.25) is 5.75 Å². The molecule has 0 aliphatic heterocycles. The summed E-state index contributed by atoms with van der Waals surface area (Å²) in [5, 5.41) is 9.49. The summed E-state index contributed by atoms with van der Waals surface area (Å²) in [4.78, 5) is 22.0. The average Bonchev–Trinajstić information content (AvgIpc) is 2.33.